The number of hydrogen-bond donors (Lipinski definition) is 1. The maximum absolute atomic E-state index is 5.14. The van der Waals surface area contributed by atoms with E-state index in [9.17, 15) is 0 Å². The summed E-state index contributed by atoms with van der Waals surface area (Å²) in [5.41, 5.74) is 1.88. The van der Waals surface area contributed by atoms with Gasteiger partial charge in [-0.2, -0.15) is 0 Å². The number of anilines is 1. The third-order valence-corrected chi connectivity index (χ3v) is 3.12. The van der Waals surface area contributed by atoms with Gasteiger partial charge in [0.15, 0.2) is 5.82 Å². The molecule has 0 fully saturated rings. The standard InChI is InChI=1S/C14H15N5O/c1-10-17-18-14-13(15-7-8-19(10)14)16-9-11-3-5-12(20-2)6-4-11/h3-8H,9H2,1-2H3,(H,15,16). The molecule has 0 radical (unpaired) electrons. The lowest BCUT2D eigenvalue weighted by atomic mass is 10.2. The molecule has 0 aliphatic carbocycles. The minimum atomic E-state index is 0.669. The van der Waals surface area contributed by atoms with Crippen molar-refractivity contribution in [3.63, 3.8) is 0 Å². The second-order valence-electron chi connectivity index (χ2n) is 4.42. The molecule has 0 saturated carbocycles. The van der Waals surface area contributed by atoms with Crippen LogP contribution in [0, 0.1) is 6.92 Å². The fourth-order valence-electron chi connectivity index (χ4n) is 2.00. The predicted molar refractivity (Wildman–Crippen MR) is 75.8 cm³/mol. The van der Waals surface area contributed by atoms with Gasteiger partial charge in [0.2, 0.25) is 5.65 Å². The summed E-state index contributed by atoms with van der Waals surface area (Å²) in [5, 5.41) is 11.5. The SMILES string of the molecule is COc1ccc(CNc2nccn3c(C)nnc23)cc1. The molecule has 0 atom stereocenters. The molecule has 0 bridgehead atoms. The van der Waals surface area contributed by atoms with Gasteiger partial charge in [-0.15, -0.1) is 10.2 Å². The topological polar surface area (TPSA) is 64.3 Å². The predicted octanol–water partition coefficient (Wildman–Crippen LogP) is 2.05. The molecule has 0 aliphatic heterocycles. The summed E-state index contributed by atoms with van der Waals surface area (Å²) in [4.78, 5) is 4.31. The smallest absolute Gasteiger partial charge is 0.203 e. The van der Waals surface area contributed by atoms with E-state index >= 15 is 0 Å². The van der Waals surface area contributed by atoms with Crippen LogP contribution in [0.1, 0.15) is 11.4 Å². The van der Waals surface area contributed by atoms with Crippen molar-refractivity contribution in [1.82, 2.24) is 19.6 Å². The number of nitrogens with one attached hydrogen (secondary N) is 1. The summed E-state index contributed by atoms with van der Waals surface area (Å²) < 4.78 is 7.04. The minimum Gasteiger partial charge on any atom is -0.497 e. The Labute approximate surface area is 116 Å². The number of hydrogen-bond acceptors (Lipinski definition) is 5. The molecular weight excluding hydrogens is 254 g/mol. The van der Waals surface area contributed by atoms with E-state index < -0.39 is 0 Å². The molecule has 1 aromatic carbocycles. The Balaban J connectivity index is 1.79. The Morgan fingerprint density at radius 3 is 2.75 bits per heavy atom. The van der Waals surface area contributed by atoms with Crippen molar-refractivity contribution in [3.05, 3.63) is 48.0 Å². The highest BCUT2D eigenvalue weighted by Crippen LogP contribution is 2.15. The van der Waals surface area contributed by atoms with Gasteiger partial charge in [0.1, 0.15) is 11.6 Å². The number of methoxy groups -OCH3 is 1. The molecule has 3 rings (SSSR count). The van der Waals surface area contributed by atoms with Crippen molar-refractivity contribution in [3.8, 4) is 5.75 Å². The minimum absolute atomic E-state index is 0.669. The van der Waals surface area contributed by atoms with E-state index in [4.69, 9.17) is 4.74 Å². The average Bonchev–Trinajstić information content (AvgIpc) is 2.88. The number of benzene rings is 1. The van der Waals surface area contributed by atoms with E-state index in [1.54, 1.807) is 13.3 Å². The number of ether oxygens (including phenoxy) is 1. The van der Waals surface area contributed by atoms with Crippen LogP contribution in [-0.4, -0.2) is 26.7 Å². The summed E-state index contributed by atoms with van der Waals surface area (Å²) in [7, 11) is 1.66. The summed E-state index contributed by atoms with van der Waals surface area (Å²) in [6.45, 7) is 2.58. The quantitative estimate of drug-likeness (QED) is 0.785. The molecule has 0 unspecified atom stereocenters. The molecular formula is C14H15N5O. The Morgan fingerprint density at radius 1 is 1.20 bits per heavy atom. The first-order chi connectivity index (χ1) is 9.78. The molecule has 6 nitrogen and oxygen atoms in total. The summed E-state index contributed by atoms with van der Waals surface area (Å²) >= 11 is 0. The Morgan fingerprint density at radius 2 is 2.00 bits per heavy atom. The van der Waals surface area contributed by atoms with Gasteiger partial charge in [0.05, 0.1) is 7.11 Å². The zero-order valence-corrected chi connectivity index (χ0v) is 11.4. The van der Waals surface area contributed by atoms with Crippen molar-refractivity contribution in [1.29, 1.82) is 0 Å². The van der Waals surface area contributed by atoms with Gasteiger partial charge in [0, 0.05) is 18.9 Å². The molecule has 0 amide bonds. The van der Waals surface area contributed by atoms with Gasteiger partial charge in [-0.05, 0) is 24.6 Å². The van der Waals surface area contributed by atoms with Crippen LogP contribution in [0.25, 0.3) is 5.65 Å². The highest BCUT2D eigenvalue weighted by molar-refractivity contribution is 5.62. The maximum atomic E-state index is 5.14. The number of aryl methyl sites for hydroxylation is 1. The van der Waals surface area contributed by atoms with Crippen molar-refractivity contribution in [2.45, 2.75) is 13.5 Å². The number of aromatic nitrogens is 4. The normalized spacial score (nSPS) is 10.7. The first kappa shape index (κ1) is 12.4. The van der Waals surface area contributed by atoms with Crippen LogP contribution < -0.4 is 10.1 Å². The van der Waals surface area contributed by atoms with Gasteiger partial charge >= 0.3 is 0 Å². The summed E-state index contributed by atoms with van der Waals surface area (Å²) in [5.74, 6) is 2.42. The van der Waals surface area contributed by atoms with Crippen LogP contribution >= 0.6 is 0 Å². The third kappa shape index (κ3) is 2.27. The van der Waals surface area contributed by atoms with E-state index in [0.717, 1.165) is 28.6 Å². The van der Waals surface area contributed by atoms with Crippen LogP contribution in [0.5, 0.6) is 5.75 Å². The fourth-order valence-corrected chi connectivity index (χ4v) is 2.00. The summed E-state index contributed by atoms with van der Waals surface area (Å²) in [6, 6.07) is 7.90. The lowest BCUT2D eigenvalue weighted by molar-refractivity contribution is 0.414. The molecule has 0 saturated heterocycles. The van der Waals surface area contributed by atoms with Crippen molar-refractivity contribution >= 4 is 11.5 Å². The Kier molecular flexibility index (Phi) is 3.20. The lowest BCUT2D eigenvalue weighted by Crippen LogP contribution is -2.04. The van der Waals surface area contributed by atoms with Gasteiger partial charge in [-0.3, -0.25) is 4.40 Å². The number of nitrogens with zero attached hydrogens (tertiary/aromatic N) is 4. The first-order valence-electron chi connectivity index (χ1n) is 6.31. The maximum Gasteiger partial charge on any atom is 0.203 e. The molecule has 3 aromatic rings. The number of rotatable bonds is 4. The van der Waals surface area contributed by atoms with Crippen LogP contribution in [0.4, 0.5) is 5.82 Å². The van der Waals surface area contributed by atoms with E-state index in [2.05, 4.69) is 20.5 Å². The Hall–Kier alpha value is -2.63. The summed E-state index contributed by atoms with van der Waals surface area (Å²) in [6.07, 6.45) is 3.59. The van der Waals surface area contributed by atoms with E-state index in [1.165, 1.54) is 0 Å². The van der Waals surface area contributed by atoms with Gasteiger partial charge in [-0.1, -0.05) is 12.1 Å². The van der Waals surface area contributed by atoms with Crippen molar-refractivity contribution in [2.75, 3.05) is 12.4 Å². The Bertz CT molecular complexity index is 720. The average molecular weight is 269 g/mol. The largest absolute Gasteiger partial charge is 0.497 e. The first-order valence-corrected chi connectivity index (χ1v) is 6.31. The highest BCUT2D eigenvalue weighted by Gasteiger charge is 2.07. The molecule has 6 heteroatoms. The molecule has 1 N–H and O–H groups in total. The third-order valence-electron chi connectivity index (χ3n) is 3.12. The molecule has 0 aliphatic rings. The van der Waals surface area contributed by atoms with Crippen molar-refractivity contribution < 1.29 is 4.74 Å². The molecule has 0 spiro atoms. The monoisotopic (exact) mass is 269 g/mol. The van der Waals surface area contributed by atoms with E-state index in [0.29, 0.717) is 6.54 Å². The van der Waals surface area contributed by atoms with Crippen LogP contribution in [-0.2, 0) is 6.54 Å². The zero-order valence-electron chi connectivity index (χ0n) is 11.4. The van der Waals surface area contributed by atoms with Crippen molar-refractivity contribution in [2.24, 2.45) is 0 Å². The second kappa shape index (κ2) is 5.16. The molecule has 102 valence electrons. The van der Waals surface area contributed by atoms with Crippen LogP contribution in [0.3, 0.4) is 0 Å². The number of fused-ring (bicyclic) bond motifs is 1. The lowest BCUT2D eigenvalue weighted by Gasteiger charge is -2.07. The second-order valence-corrected chi connectivity index (χ2v) is 4.42. The van der Waals surface area contributed by atoms with Crippen LogP contribution in [0.15, 0.2) is 36.7 Å². The van der Waals surface area contributed by atoms with E-state index in [-0.39, 0.29) is 0 Å². The van der Waals surface area contributed by atoms with Gasteiger partial charge < -0.3 is 10.1 Å². The van der Waals surface area contributed by atoms with Gasteiger partial charge in [0.25, 0.3) is 0 Å². The fraction of sp³-hybridized carbons (Fsp3) is 0.214. The van der Waals surface area contributed by atoms with Crippen LogP contribution in [0.2, 0.25) is 0 Å². The zero-order chi connectivity index (χ0) is 13.9. The molecule has 20 heavy (non-hydrogen) atoms. The van der Waals surface area contributed by atoms with E-state index in [1.807, 2.05) is 41.8 Å². The highest BCUT2D eigenvalue weighted by atomic mass is 16.5. The molecule has 2 aromatic heterocycles. The van der Waals surface area contributed by atoms with Gasteiger partial charge in [-0.25, -0.2) is 4.98 Å². The molecule has 2 heterocycles.